The molecule has 0 saturated carbocycles. The first kappa shape index (κ1) is 15.7. The summed E-state index contributed by atoms with van der Waals surface area (Å²) in [6.07, 6.45) is 2.34. The Labute approximate surface area is 134 Å². The van der Waals surface area contributed by atoms with Crippen molar-refractivity contribution in [1.82, 2.24) is 10.2 Å². The van der Waals surface area contributed by atoms with Crippen molar-refractivity contribution in [1.29, 1.82) is 0 Å². The van der Waals surface area contributed by atoms with Gasteiger partial charge in [-0.2, -0.15) is 0 Å². The summed E-state index contributed by atoms with van der Waals surface area (Å²) in [6, 6.07) is 8.16. The van der Waals surface area contributed by atoms with Crippen molar-refractivity contribution < 1.29 is 9.53 Å². The van der Waals surface area contributed by atoms with Gasteiger partial charge in [0.1, 0.15) is 0 Å². The molecule has 2 rings (SSSR count). The molecule has 1 unspecified atom stereocenters. The third-order valence-corrected chi connectivity index (χ3v) is 4.20. The standard InChI is InChI=1S/C15H21IN2O2/c1-20-9-8-18(11-14-6-3-7-17-14)15(19)12-4-2-5-13(16)10-12/h2,4-5,10,14,17H,3,6-9,11H2,1H3. The van der Waals surface area contributed by atoms with E-state index in [1.807, 2.05) is 29.2 Å². The minimum absolute atomic E-state index is 0.0919. The molecule has 1 aliphatic heterocycles. The van der Waals surface area contributed by atoms with Gasteiger partial charge >= 0.3 is 0 Å². The fraction of sp³-hybridized carbons (Fsp3) is 0.533. The molecule has 0 aliphatic carbocycles. The van der Waals surface area contributed by atoms with Crippen LogP contribution >= 0.6 is 22.6 Å². The SMILES string of the molecule is COCCN(CC1CCCN1)C(=O)c1cccc(I)c1. The fourth-order valence-electron chi connectivity index (χ4n) is 2.46. The van der Waals surface area contributed by atoms with Crippen LogP contribution in [0.25, 0.3) is 0 Å². The first-order valence-corrected chi connectivity index (χ1v) is 8.05. The molecule has 0 aromatic heterocycles. The largest absolute Gasteiger partial charge is 0.383 e. The molecule has 1 fully saturated rings. The van der Waals surface area contributed by atoms with Crippen LogP contribution in [0.4, 0.5) is 0 Å². The molecule has 1 heterocycles. The first-order valence-electron chi connectivity index (χ1n) is 6.98. The molecule has 20 heavy (non-hydrogen) atoms. The lowest BCUT2D eigenvalue weighted by Gasteiger charge is -2.26. The molecule has 1 saturated heterocycles. The summed E-state index contributed by atoms with van der Waals surface area (Å²) in [5, 5.41) is 3.45. The number of methoxy groups -OCH3 is 1. The summed E-state index contributed by atoms with van der Waals surface area (Å²) in [4.78, 5) is 14.5. The second-order valence-electron chi connectivity index (χ2n) is 5.05. The summed E-state index contributed by atoms with van der Waals surface area (Å²) < 4.78 is 6.21. The van der Waals surface area contributed by atoms with Gasteiger partial charge in [0.25, 0.3) is 5.91 Å². The number of hydrogen-bond donors (Lipinski definition) is 1. The molecule has 0 bridgehead atoms. The van der Waals surface area contributed by atoms with Crippen molar-refractivity contribution >= 4 is 28.5 Å². The van der Waals surface area contributed by atoms with Gasteiger partial charge in [0.2, 0.25) is 0 Å². The van der Waals surface area contributed by atoms with E-state index in [4.69, 9.17) is 4.74 Å². The Morgan fingerprint density at radius 1 is 1.55 bits per heavy atom. The number of nitrogens with one attached hydrogen (secondary N) is 1. The average Bonchev–Trinajstić information content (AvgIpc) is 2.95. The molecule has 0 radical (unpaired) electrons. The quantitative estimate of drug-likeness (QED) is 0.760. The highest BCUT2D eigenvalue weighted by Gasteiger charge is 2.22. The van der Waals surface area contributed by atoms with Crippen molar-refractivity contribution in [2.24, 2.45) is 0 Å². The second kappa shape index (κ2) is 7.95. The Balaban J connectivity index is 2.05. The van der Waals surface area contributed by atoms with Crippen LogP contribution in [0.3, 0.4) is 0 Å². The van der Waals surface area contributed by atoms with Gasteiger partial charge in [-0.1, -0.05) is 6.07 Å². The smallest absolute Gasteiger partial charge is 0.254 e. The number of ether oxygens (including phenoxy) is 1. The summed E-state index contributed by atoms with van der Waals surface area (Å²) in [6.45, 7) is 3.02. The van der Waals surface area contributed by atoms with Gasteiger partial charge in [0.15, 0.2) is 0 Å². The van der Waals surface area contributed by atoms with E-state index < -0.39 is 0 Å². The van der Waals surface area contributed by atoms with Crippen molar-refractivity contribution in [2.75, 3.05) is 33.4 Å². The minimum atomic E-state index is 0.0919. The van der Waals surface area contributed by atoms with Gasteiger partial charge in [0.05, 0.1) is 6.61 Å². The van der Waals surface area contributed by atoms with Crippen LogP contribution < -0.4 is 5.32 Å². The maximum Gasteiger partial charge on any atom is 0.254 e. The highest BCUT2D eigenvalue weighted by molar-refractivity contribution is 14.1. The lowest BCUT2D eigenvalue weighted by molar-refractivity contribution is 0.0679. The molecule has 0 spiro atoms. The third kappa shape index (κ3) is 4.43. The Hall–Kier alpha value is -0.660. The van der Waals surface area contributed by atoms with Crippen molar-refractivity contribution in [3.8, 4) is 0 Å². The second-order valence-corrected chi connectivity index (χ2v) is 6.29. The van der Waals surface area contributed by atoms with Gasteiger partial charge in [-0.25, -0.2) is 0 Å². The predicted octanol–water partition coefficient (Wildman–Crippen LogP) is 2.13. The maximum atomic E-state index is 12.6. The van der Waals surface area contributed by atoms with Crippen LogP contribution in [0.1, 0.15) is 23.2 Å². The summed E-state index contributed by atoms with van der Waals surface area (Å²) in [5.74, 6) is 0.0919. The van der Waals surface area contributed by atoms with E-state index in [0.717, 1.165) is 28.6 Å². The molecule has 110 valence electrons. The molecule has 1 aromatic carbocycles. The Morgan fingerprint density at radius 2 is 2.40 bits per heavy atom. The van der Waals surface area contributed by atoms with E-state index >= 15 is 0 Å². The zero-order chi connectivity index (χ0) is 14.4. The predicted molar refractivity (Wildman–Crippen MR) is 88.0 cm³/mol. The lowest BCUT2D eigenvalue weighted by atomic mass is 10.1. The van der Waals surface area contributed by atoms with Crippen LogP contribution in [0.5, 0.6) is 0 Å². The molecular formula is C15H21IN2O2. The van der Waals surface area contributed by atoms with Gasteiger partial charge in [-0.3, -0.25) is 4.79 Å². The highest BCUT2D eigenvalue weighted by atomic mass is 127. The normalized spacial score (nSPS) is 18.2. The number of carbonyl (C=O) groups is 1. The average molecular weight is 388 g/mol. The van der Waals surface area contributed by atoms with E-state index in [9.17, 15) is 4.79 Å². The Morgan fingerprint density at radius 3 is 3.05 bits per heavy atom. The first-order chi connectivity index (χ1) is 9.70. The molecule has 1 N–H and O–H groups in total. The zero-order valence-electron chi connectivity index (χ0n) is 11.8. The topological polar surface area (TPSA) is 41.6 Å². The number of rotatable bonds is 6. The zero-order valence-corrected chi connectivity index (χ0v) is 13.9. The van der Waals surface area contributed by atoms with E-state index in [2.05, 4.69) is 27.9 Å². The van der Waals surface area contributed by atoms with Crippen LogP contribution in [-0.4, -0.2) is 50.2 Å². The monoisotopic (exact) mass is 388 g/mol. The summed E-state index contributed by atoms with van der Waals surface area (Å²) in [5.41, 5.74) is 0.756. The Kier molecular flexibility index (Phi) is 6.25. The van der Waals surface area contributed by atoms with E-state index in [1.54, 1.807) is 7.11 Å². The van der Waals surface area contributed by atoms with Gasteiger partial charge in [-0.05, 0) is 60.2 Å². The summed E-state index contributed by atoms with van der Waals surface area (Å²) >= 11 is 2.23. The van der Waals surface area contributed by atoms with Crippen LogP contribution in [0.2, 0.25) is 0 Å². The molecular weight excluding hydrogens is 367 g/mol. The number of halogens is 1. The van der Waals surface area contributed by atoms with E-state index in [0.29, 0.717) is 19.2 Å². The molecule has 1 aliphatic rings. The van der Waals surface area contributed by atoms with Crippen LogP contribution in [0.15, 0.2) is 24.3 Å². The van der Waals surface area contributed by atoms with E-state index in [1.165, 1.54) is 6.42 Å². The number of hydrogen-bond acceptors (Lipinski definition) is 3. The molecule has 4 nitrogen and oxygen atoms in total. The van der Waals surface area contributed by atoms with Gasteiger partial charge in [-0.15, -0.1) is 0 Å². The Bertz CT molecular complexity index is 447. The number of carbonyl (C=O) groups excluding carboxylic acids is 1. The highest BCUT2D eigenvalue weighted by Crippen LogP contribution is 2.13. The molecule has 1 amide bonds. The van der Waals surface area contributed by atoms with Crippen molar-refractivity contribution in [3.05, 3.63) is 33.4 Å². The molecule has 1 aromatic rings. The van der Waals surface area contributed by atoms with Crippen molar-refractivity contribution in [3.63, 3.8) is 0 Å². The van der Waals surface area contributed by atoms with Gasteiger partial charge in [0, 0.05) is 35.4 Å². The number of nitrogens with zero attached hydrogens (tertiary/aromatic N) is 1. The van der Waals surface area contributed by atoms with Crippen LogP contribution in [0, 0.1) is 3.57 Å². The van der Waals surface area contributed by atoms with Gasteiger partial charge < -0.3 is 15.0 Å². The maximum absolute atomic E-state index is 12.6. The number of amides is 1. The summed E-state index contributed by atoms with van der Waals surface area (Å²) in [7, 11) is 1.67. The molecule has 1 atom stereocenters. The van der Waals surface area contributed by atoms with E-state index in [-0.39, 0.29) is 5.91 Å². The minimum Gasteiger partial charge on any atom is -0.383 e. The fourth-order valence-corrected chi connectivity index (χ4v) is 3.00. The van der Waals surface area contributed by atoms with Crippen LogP contribution in [-0.2, 0) is 4.74 Å². The lowest BCUT2D eigenvalue weighted by Crippen LogP contribution is -2.42. The number of benzene rings is 1. The van der Waals surface area contributed by atoms with Crippen molar-refractivity contribution in [2.45, 2.75) is 18.9 Å². The molecule has 5 heteroatoms. The third-order valence-electron chi connectivity index (χ3n) is 3.53.